The third kappa shape index (κ3) is 4.43. The molecule has 0 radical (unpaired) electrons. The second kappa shape index (κ2) is 10.8. The number of hydrogen-bond donors (Lipinski definition) is 0. The van der Waals surface area contributed by atoms with Gasteiger partial charge in [-0.25, -0.2) is 0 Å². The van der Waals surface area contributed by atoms with Gasteiger partial charge in [0.15, 0.2) is 0 Å². The van der Waals surface area contributed by atoms with E-state index < -0.39 is 0 Å². The molecule has 0 aromatic heterocycles. The molecule has 46 heavy (non-hydrogen) atoms. The van der Waals surface area contributed by atoms with Gasteiger partial charge in [-0.05, 0) is 139 Å². The molecule has 0 amide bonds. The highest BCUT2D eigenvalue weighted by Gasteiger charge is 2.15. The van der Waals surface area contributed by atoms with Crippen LogP contribution in [0.3, 0.4) is 0 Å². The maximum atomic E-state index is 9.57. The number of hydrogen-bond acceptors (Lipinski definition) is 2. The van der Waals surface area contributed by atoms with Crippen molar-refractivity contribution < 1.29 is 13.7 Å². The summed E-state index contributed by atoms with van der Waals surface area (Å²) in [4.78, 5) is 3.38. The SMILES string of the molecule is [2H]c1c(N(c2ccccc2)c2ccccc2)c([2H])c2c([2H])c3c(c([2H])c2c1[2H])=c1c([2H])c2c([2H])c([2H])c(N(c4ccccc4)c4ccccc4)c([2H])c2c([2H])c1=3. The molecule has 0 heterocycles. The second-order valence-corrected chi connectivity index (χ2v) is 11.0. The van der Waals surface area contributed by atoms with Crippen LogP contribution in [0.4, 0.5) is 34.1 Å². The van der Waals surface area contributed by atoms with E-state index in [2.05, 4.69) is 0 Å². The van der Waals surface area contributed by atoms with Crippen molar-refractivity contribution in [3.8, 4) is 0 Å². The molecule has 2 heteroatoms. The van der Waals surface area contributed by atoms with Crippen molar-refractivity contribution in [2.24, 2.45) is 0 Å². The fraction of sp³-hybridized carbons (Fsp3) is 0. The zero-order valence-corrected chi connectivity index (χ0v) is 24.4. The van der Waals surface area contributed by atoms with Crippen molar-refractivity contribution in [3.63, 3.8) is 0 Å². The monoisotopic (exact) mass is 596 g/mol. The normalized spacial score (nSPS) is 14.5. The first-order valence-corrected chi connectivity index (χ1v) is 15.0. The number of benzene rings is 8. The lowest BCUT2D eigenvalue weighted by atomic mass is 9.94. The Kier molecular flexibility index (Phi) is 4.22. The van der Waals surface area contributed by atoms with Crippen molar-refractivity contribution in [1.82, 2.24) is 0 Å². The van der Waals surface area contributed by atoms with Gasteiger partial charge in [-0.2, -0.15) is 0 Å². The van der Waals surface area contributed by atoms with E-state index in [0.29, 0.717) is 22.7 Å². The number of nitrogens with zero attached hydrogens (tertiary/aromatic N) is 2. The second-order valence-electron chi connectivity index (χ2n) is 11.0. The molecule has 1 aliphatic rings. The van der Waals surface area contributed by atoms with Crippen LogP contribution in [0, 0.1) is 20.9 Å². The van der Waals surface area contributed by atoms with E-state index in [9.17, 15) is 13.7 Å². The van der Waals surface area contributed by atoms with E-state index >= 15 is 0 Å². The molecule has 216 valence electrons. The minimum atomic E-state index is -0.356. The Morgan fingerprint density at radius 1 is 0.283 bits per heavy atom. The van der Waals surface area contributed by atoms with Gasteiger partial charge in [0.2, 0.25) is 0 Å². The summed E-state index contributed by atoms with van der Waals surface area (Å²) in [5.41, 5.74) is 2.63. The van der Waals surface area contributed by atoms with E-state index in [-0.39, 0.29) is 114 Å². The van der Waals surface area contributed by atoms with Crippen molar-refractivity contribution in [3.05, 3.63) is 203 Å². The average Bonchev–Trinajstić information content (AvgIpc) is 3.20. The third-order valence-corrected chi connectivity index (χ3v) is 8.10. The van der Waals surface area contributed by atoms with E-state index in [4.69, 9.17) is 0 Å². The molecular formula is C44H30N2. The largest absolute Gasteiger partial charge is 0.310 e. The molecule has 9 rings (SSSR count). The molecule has 0 saturated heterocycles. The van der Waals surface area contributed by atoms with E-state index in [1.54, 1.807) is 9.80 Å². The number of fused-ring (bicyclic) bond motifs is 4. The van der Waals surface area contributed by atoms with Gasteiger partial charge >= 0.3 is 0 Å². The predicted molar refractivity (Wildman–Crippen MR) is 193 cm³/mol. The third-order valence-electron chi connectivity index (χ3n) is 8.10. The fourth-order valence-corrected chi connectivity index (χ4v) is 5.95. The average molecular weight is 597 g/mol. The van der Waals surface area contributed by atoms with Crippen LogP contribution in [-0.4, -0.2) is 0 Å². The van der Waals surface area contributed by atoms with Gasteiger partial charge in [0.1, 0.15) is 0 Å². The lowest BCUT2D eigenvalue weighted by molar-refractivity contribution is 1.28. The lowest BCUT2D eigenvalue weighted by Gasteiger charge is -2.26. The van der Waals surface area contributed by atoms with Crippen molar-refractivity contribution >= 4 is 55.7 Å². The molecule has 0 fully saturated rings. The summed E-state index contributed by atoms with van der Waals surface area (Å²) in [6.07, 6.45) is 0. The first-order valence-electron chi connectivity index (χ1n) is 20.0. The highest BCUT2D eigenvalue weighted by Crippen LogP contribution is 2.38. The van der Waals surface area contributed by atoms with Crippen LogP contribution in [-0.2, 0) is 0 Å². The number of anilines is 6. The molecule has 0 saturated carbocycles. The Morgan fingerprint density at radius 3 is 0.870 bits per heavy atom. The molecule has 8 aromatic rings. The van der Waals surface area contributed by atoms with Crippen LogP contribution >= 0.6 is 0 Å². The minimum Gasteiger partial charge on any atom is -0.310 e. The maximum absolute atomic E-state index is 9.57. The van der Waals surface area contributed by atoms with Crippen LogP contribution in [0.5, 0.6) is 0 Å². The molecule has 0 aliphatic heterocycles. The Labute approximate surface area is 281 Å². The lowest BCUT2D eigenvalue weighted by Crippen LogP contribution is -2.09. The molecule has 0 N–H and O–H groups in total. The smallest absolute Gasteiger partial charge is 0.0651 e. The Morgan fingerprint density at radius 2 is 0.565 bits per heavy atom. The van der Waals surface area contributed by atoms with Gasteiger partial charge in [-0.15, -0.1) is 0 Å². The van der Waals surface area contributed by atoms with Gasteiger partial charge in [-0.1, -0.05) is 84.9 Å². The van der Waals surface area contributed by atoms with Gasteiger partial charge in [0, 0.05) is 34.1 Å². The molecule has 1 aliphatic carbocycles. The molecule has 0 unspecified atom stereocenters. The quantitative estimate of drug-likeness (QED) is 0.188. The molecular weight excluding hydrogens is 556 g/mol. The summed E-state index contributed by atoms with van der Waals surface area (Å²) >= 11 is 0. The first kappa shape index (κ1) is 18.0. The van der Waals surface area contributed by atoms with Crippen molar-refractivity contribution in [1.29, 1.82) is 0 Å². The van der Waals surface area contributed by atoms with Crippen LogP contribution in [0.15, 0.2) is 182 Å². The van der Waals surface area contributed by atoms with E-state index in [1.807, 2.05) is 121 Å². The molecule has 2 nitrogen and oxygen atoms in total. The summed E-state index contributed by atoms with van der Waals surface area (Å²) < 4.78 is 93.9. The summed E-state index contributed by atoms with van der Waals surface area (Å²) in [5.74, 6) is 0. The van der Waals surface area contributed by atoms with Crippen molar-refractivity contribution in [2.45, 2.75) is 0 Å². The molecule has 8 aromatic carbocycles. The Hall–Kier alpha value is -6.12. The minimum absolute atomic E-state index is 0.0351. The topological polar surface area (TPSA) is 6.48 Å². The summed E-state index contributed by atoms with van der Waals surface area (Å²) in [6, 6.07) is 33.8. The zero-order valence-electron chi connectivity index (χ0n) is 34.4. The molecule has 0 bridgehead atoms. The van der Waals surface area contributed by atoms with Crippen LogP contribution in [0.1, 0.15) is 13.7 Å². The van der Waals surface area contributed by atoms with Gasteiger partial charge < -0.3 is 9.80 Å². The summed E-state index contributed by atoms with van der Waals surface area (Å²) in [6.45, 7) is 0. The van der Waals surface area contributed by atoms with Gasteiger partial charge in [0.05, 0.1) is 13.7 Å². The highest BCUT2D eigenvalue weighted by molar-refractivity contribution is 5.92. The first-order chi connectivity index (χ1) is 27.0. The highest BCUT2D eigenvalue weighted by atomic mass is 15.1. The van der Waals surface area contributed by atoms with E-state index in [1.165, 1.54) is 0 Å². The molecule has 0 spiro atoms. The van der Waals surface area contributed by atoms with Crippen LogP contribution in [0.2, 0.25) is 0 Å². The van der Waals surface area contributed by atoms with Crippen LogP contribution in [0.25, 0.3) is 21.5 Å². The van der Waals surface area contributed by atoms with E-state index in [0.717, 1.165) is 0 Å². The van der Waals surface area contributed by atoms with Crippen LogP contribution < -0.4 is 9.80 Å². The molecule has 0 atom stereocenters. The summed E-state index contributed by atoms with van der Waals surface area (Å²) in [7, 11) is 0. The van der Waals surface area contributed by atoms with Gasteiger partial charge in [-0.3, -0.25) is 0 Å². The predicted octanol–water partition coefficient (Wildman–Crippen LogP) is 11.8. The Bertz CT molecular complexity index is 2840. The summed E-state index contributed by atoms with van der Waals surface area (Å²) in [5, 5.41) is 0.289. The Balaban J connectivity index is 1.40. The van der Waals surface area contributed by atoms with Crippen molar-refractivity contribution in [2.75, 3.05) is 9.80 Å². The maximum Gasteiger partial charge on any atom is 0.0651 e. The number of para-hydroxylation sites is 4. The number of rotatable bonds is 6. The standard InChI is InChI=1S/C44H30N2/c1-5-13-35(14-6-1)45(36-15-7-2-8-16-36)39-23-21-31-27-41-42-28-32-22-24-40(26-34(32)30-44(42)43(41)29-33(31)25-39)46(37-17-9-3-10-18-37)38-19-11-4-12-20-38/h1-30H/i21D,22D,23D,24D,25D,26D,27D,28D,29D,30D. The zero-order chi connectivity index (χ0) is 39.2. The fourth-order valence-electron chi connectivity index (χ4n) is 5.95. The van der Waals surface area contributed by atoms with Gasteiger partial charge in [0.25, 0.3) is 0 Å².